The van der Waals surface area contributed by atoms with E-state index in [9.17, 15) is 9.59 Å². The summed E-state index contributed by atoms with van der Waals surface area (Å²) in [5.41, 5.74) is 0. The quantitative estimate of drug-likeness (QED) is 0.0842. The van der Waals surface area contributed by atoms with E-state index in [2.05, 4.69) is 0 Å². The lowest BCUT2D eigenvalue weighted by atomic mass is 10.3. The van der Waals surface area contributed by atoms with E-state index in [-0.39, 0.29) is 25.2 Å². The highest BCUT2D eigenvalue weighted by Crippen LogP contribution is 1.91. The van der Waals surface area contributed by atoms with E-state index in [4.69, 9.17) is 52.1 Å². The van der Waals surface area contributed by atoms with Crippen LogP contribution in [0.1, 0.15) is 26.7 Å². The van der Waals surface area contributed by atoms with Crippen molar-refractivity contribution in [1.82, 2.24) is 0 Å². The Morgan fingerprint density at radius 2 is 0.615 bits per heavy atom. The van der Waals surface area contributed by atoms with E-state index in [1.54, 1.807) is 0 Å². The third-order valence-electron chi connectivity index (χ3n) is 4.45. The number of hydrogen-bond donors (Lipinski definition) is 0. The minimum Gasteiger partial charge on any atom is -0.463 e. The second-order valence-electron chi connectivity index (χ2n) is 7.82. The van der Waals surface area contributed by atoms with Crippen molar-refractivity contribution >= 4 is 11.9 Å². The van der Waals surface area contributed by atoms with Gasteiger partial charge in [-0.3, -0.25) is 9.59 Å². The number of rotatable bonds is 32. The first kappa shape index (κ1) is 37.6. The Morgan fingerprint density at radius 1 is 0.385 bits per heavy atom. The van der Waals surface area contributed by atoms with Crippen molar-refractivity contribution in [3.63, 3.8) is 0 Å². The van der Waals surface area contributed by atoms with Gasteiger partial charge in [0, 0.05) is 13.3 Å². The average Bonchev–Trinajstić information content (AvgIpc) is 2.91. The highest BCUT2D eigenvalue weighted by molar-refractivity contribution is 5.69. The fourth-order valence-electron chi connectivity index (χ4n) is 2.60. The third kappa shape index (κ3) is 34.6. The molecule has 0 aliphatic rings. The van der Waals surface area contributed by atoms with E-state index in [0.717, 1.165) is 6.42 Å². The van der Waals surface area contributed by atoms with Crippen molar-refractivity contribution < 1.29 is 61.7 Å². The number of ether oxygens (including phenoxy) is 11. The predicted octanol–water partition coefficient (Wildman–Crippen LogP) is 1.04. The number of carbonyl (C=O) groups excluding carboxylic acids is 2. The molecule has 0 aromatic rings. The smallest absolute Gasteiger partial charge is 0.305 e. The number of carbonyl (C=O) groups is 2. The van der Waals surface area contributed by atoms with E-state index in [1.165, 1.54) is 6.92 Å². The molecule has 0 saturated carbocycles. The first-order valence-corrected chi connectivity index (χ1v) is 13.7. The van der Waals surface area contributed by atoms with Crippen LogP contribution in [0.3, 0.4) is 0 Å². The van der Waals surface area contributed by atoms with Crippen molar-refractivity contribution in [3.8, 4) is 0 Å². The Labute approximate surface area is 232 Å². The van der Waals surface area contributed by atoms with Gasteiger partial charge < -0.3 is 52.1 Å². The van der Waals surface area contributed by atoms with Crippen LogP contribution < -0.4 is 0 Å². The van der Waals surface area contributed by atoms with Crippen molar-refractivity contribution in [3.05, 3.63) is 0 Å². The van der Waals surface area contributed by atoms with Gasteiger partial charge in [-0.05, 0) is 6.42 Å². The highest BCUT2D eigenvalue weighted by Gasteiger charge is 2.00. The van der Waals surface area contributed by atoms with Gasteiger partial charge >= 0.3 is 11.9 Å². The lowest BCUT2D eigenvalue weighted by Gasteiger charge is -2.09. The Bertz CT molecular complexity index is 522. The molecule has 0 heterocycles. The molecule has 0 aromatic carbocycles. The van der Waals surface area contributed by atoms with E-state index in [1.807, 2.05) is 6.92 Å². The van der Waals surface area contributed by atoms with Gasteiger partial charge in [0.15, 0.2) is 0 Å². The molecule has 0 amide bonds. The van der Waals surface area contributed by atoms with Crippen LogP contribution in [0.2, 0.25) is 0 Å². The molecule has 0 radical (unpaired) electrons. The molecule has 232 valence electrons. The molecule has 39 heavy (non-hydrogen) atoms. The Morgan fingerprint density at radius 3 is 0.846 bits per heavy atom. The summed E-state index contributed by atoms with van der Waals surface area (Å²) >= 11 is 0. The third-order valence-corrected chi connectivity index (χ3v) is 4.45. The van der Waals surface area contributed by atoms with Crippen LogP contribution in [0.25, 0.3) is 0 Å². The number of hydrogen-bond acceptors (Lipinski definition) is 13. The topological polar surface area (TPSA) is 136 Å². The van der Waals surface area contributed by atoms with Gasteiger partial charge in [0.25, 0.3) is 0 Å². The molecule has 0 rings (SSSR count). The zero-order valence-corrected chi connectivity index (χ0v) is 23.9. The monoisotopic (exact) mass is 570 g/mol. The number of esters is 2. The highest BCUT2D eigenvalue weighted by atomic mass is 16.6. The van der Waals surface area contributed by atoms with Crippen molar-refractivity contribution in [2.24, 2.45) is 0 Å². The minimum absolute atomic E-state index is 0.191. The Kier molecular flexibility index (Phi) is 31.6. The summed E-state index contributed by atoms with van der Waals surface area (Å²) in [6.07, 6.45) is 1.22. The van der Waals surface area contributed by atoms with Crippen LogP contribution in [0.5, 0.6) is 0 Å². The maximum absolute atomic E-state index is 11.2. The molecule has 0 spiro atoms. The summed E-state index contributed by atoms with van der Waals surface area (Å²) in [6, 6.07) is 0. The molecular formula is C26H50O13. The van der Waals surface area contributed by atoms with Crippen molar-refractivity contribution in [2.45, 2.75) is 26.7 Å². The molecular weight excluding hydrogens is 520 g/mol. The van der Waals surface area contributed by atoms with Crippen LogP contribution >= 0.6 is 0 Å². The maximum atomic E-state index is 11.2. The fraction of sp³-hybridized carbons (Fsp3) is 0.923. The van der Waals surface area contributed by atoms with Crippen LogP contribution in [0, 0.1) is 0 Å². The molecule has 0 fully saturated rings. The first-order chi connectivity index (χ1) is 19.2. The normalized spacial score (nSPS) is 11.1. The molecule has 0 bridgehead atoms. The second kappa shape index (κ2) is 32.8. The van der Waals surface area contributed by atoms with Gasteiger partial charge in [-0.15, -0.1) is 0 Å². The van der Waals surface area contributed by atoms with Gasteiger partial charge in [-0.1, -0.05) is 6.92 Å². The molecule has 0 aliphatic heterocycles. The van der Waals surface area contributed by atoms with Gasteiger partial charge in [0.2, 0.25) is 0 Å². The van der Waals surface area contributed by atoms with Gasteiger partial charge in [0.1, 0.15) is 13.2 Å². The Balaban J connectivity index is 3.06. The molecule has 0 saturated heterocycles. The second-order valence-corrected chi connectivity index (χ2v) is 7.82. The zero-order valence-electron chi connectivity index (χ0n) is 23.9. The standard InChI is InChI=1S/C26H50O13/c1-3-4-26(28)39-24-22-37-20-18-35-16-14-33-12-10-31-8-6-29-5-7-30-9-11-32-13-15-34-17-19-36-21-23-38-25(2)27/h3-24H2,1-2H3. The van der Waals surface area contributed by atoms with Gasteiger partial charge in [-0.2, -0.15) is 0 Å². The lowest BCUT2D eigenvalue weighted by molar-refractivity contribution is -0.145. The largest absolute Gasteiger partial charge is 0.463 e. The maximum Gasteiger partial charge on any atom is 0.305 e. The summed E-state index contributed by atoms with van der Waals surface area (Å²) in [5, 5.41) is 0. The summed E-state index contributed by atoms with van der Waals surface area (Å²) in [5.74, 6) is -0.504. The van der Waals surface area contributed by atoms with E-state index in [0.29, 0.717) is 125 Å². The summed E-state index contributed by atoms with van der Waals surface area (Å²) in [7, 11) is 0. The van der Waals surface area contributed by atoms with Crippen LogP contribution in [0.15, 0.2) is 0 Å². The summed E-state index contributed by atoms with van der Waals surface area (Å²) < 4.78 is 58.2. The van der Waals surface area contributed by atoms with Crippen LogP contribution in [0.4, 0.5) is 0 Å². The molecule has 0 atom stereocenters. The average molecular weight is 571 g/mol. The molecule has 0 unspecified atom stereocenters. The summed E-state index contributed by atoms with van der Waals surface area (Å²) in [4.78, 5) is 21.7. The zero-order chi connectivity index (χ0) is 28.5. The van der Waals surface area contributed by atoms with Crippen molar-refractivity contribution in [2.75, 3.05) is 132 Å². The molecule has 13 heteroatoms. The van der Waals surface area contributed by atoms with Crippen molar-refractivity contribution in [1.29, 1.82) is 0 Å². The SMILES string of the molecule is CCCC(=O)OCCOCCOCCOCCOCCOCCOCCOCCOCCOCCOC(C)=O. The van der Waals surface area contributed by atoms with Crippen LogP contribution in [-0.4, -0.2) is 144 Å². The van der Waals surface area contributed by atoms with E-state index >= 15 is 0 Å². The molecule has 13 nitrogen and oxygen atoms in total. The molecule has 0 aromatic heterocycles. The molecule has 0 aliphatic carbocycles. The summed E-state index contributed by atoms with van der Waals surface area (Å²) in [6.45, 7) is 12.2. The van der Waals surface area contributed by atoms with Crippen LogP contribution in [-0.2, 0) is 61.7 Å². The first-order valence-electron chi connectivity index (χ1n) is 13.7. The molecule has 0 N–H and O–H groups in total. The fourth-order valence-corrected chi connectivity index (χ4v) is 2.60. The lowest BCUT2D eigenvalue weighted by Crippen LogP contribution is -2.15. The predicted molar refractivity (Wildman–Crippen MR) is 140 cm³/mol. The van der Waals surface area contributed by atoms with Gasteiger partial charge in [0.05, 0.1) is 119 Å². The minimum atomic E-state index is -0.313. The van der Waals surface area contributed by atoms with E-state index < -0.39 is 0 Å². The van der Waals surface area contributed by atoms with Gasteiger partial charge in [-0.25, -0.2) is 0 Å². The Hall–Kier alpha value is -1.42.